The molecule has 0 spiro atoms. The number of carbonyl (C=O) groups is 2. The maximum absolute atomic E-state index is 12.2. The first kappa shape index (κ1) is 16.3. The Balaban J connectivity index is 1.92. The van der Waals surface area contributed by atoms with Gasteiger partial charge in [-0.05, 0) is 25.5 Å². The number of carbonyl (C=O) groups excluding carboxylic acids is 2. The van der Waals surface area contributed by atoms with Gasteiger partial charge in [-0.1, -0.05) is 31.0 Å². The maximum Gasteiger partial charge on any atom is 0.317 e. The Bertz CT molecular complexity index is 527. The van der Waals surface area contributed by atoms with Gasteiger partial charge in [-0.15, -0.1) is 0 Å². The molecule has 0 aliphatic carbocycles. The van der Waals surface area contributed by atoms with Crippen LogP contribution in [0.25, 0.3) is 0 Å². The summed E-state index contributed by atoms with van der Waals surface area (Å²) >= 11 is 0. The van der Waals surface area contributed by atoms with Crippen LogP contribution in [0.3, 0.4) is 0 Å². The van der Waals surface area contributed by atoms with Crippen molar-refractivity contribution in [2.45, 2.75) is 39.2 Å². The average Bonchev–Trinajstić information content (AvgIpc) is 2.86. The minimum absolute atomic E-state index is 0.0605. The van der Waals surface area contributed by atoms with Gasteiger partial charge in [0.2, 0.25) is 5.91 Å². The lowest BCUT2D eigenvalue weighted by Crippen LogP contribution is -2.44. The second-order valence-electron chi connectivity index (χ2n) is 5.97. The zero-order chi connectivity index (χ0) is 16.1. The summed E-state index contributed by atoms with van der Waals surface area (Å²) in [7, 11) is 1.79. The van der Waals surface area contributed by atoms with E-state index in [1.54, 1.807) is 16.8 Å². The molecule has 1 aromatic carbocycles. The molecule has 0 saturated carbocycles. The summed E-state index contributed by atoms with van der Waals surface area (Å²) < 4.78 is 0. The van der Waals surface area contributed by atoms with Gasteiger partial charge in [-0.3, -0.25) is 4.79 Å². The molecule has 2 rings (SSSR count). The number of hydrogen-bond donors (Lipinski definition) is 1. The first-order chi connectivity index (χ1) is 10.5. The Labute approximate surface area is 132 Å². The van der Waals surface area contributed by atoms with Crippen molar-refractivity contribution in [3.8, 4) is 0 Å². The van der Waals surface area contributed by atoms with Crippen molar-refractivity contribution in [3.63, 3.8) is 0 Å². The van der Waals surface area contributed by atoms with Gasteiger partial charge in [-0.2, -0.15) is 0 Å². The zero-order valence-corrected chi connectivity index (χ0v) is 13.6. The maximum atomic E-state index is 12.2. The molecule has 1 N–H and O–H groups in total. The van der Waals surface area contributed by atoms with Gasteiger partial charge < -0.3 is 15.1 Å². The summed E-state index contributed by atoms with van der Waals surface area (Å²) in [5.41, 5.74) is 2.06. The Kier molecular flexibility index (Phi) is 5.41. The summed E-state index contributed by atoms with van der Waals surface area (Å²) in [5.74, 6) is 0.0605. The third-order valence-electron chi connectivity index (χ3n) is 3.99. The summed E-state index contributed by atoms with van der Waals surface area (Å²) in [4.78, 5) is 27.7. The fourth-order valence-electron chi connectivity index (χ4n) is 2.56. The van der Waals surface area contributed by atoms with Gasteiger partial charge in [0.15, 0.2) is 0 Å². The van der Waals surface area contributed by atoms with Crippen molar-refractivity contribution < 1.29 is 9.59 Å². The number of rotatable bonds is 5. The van der Waals surface area contributed by atoms with E-state index >= 15 is 0 Å². The predicted molar refractivity (Wildman–Crippen MR) is 88.0 cm³/mol. The van der Waals surface area contributed by atoms with E-state index in [2.05, 4.69) is 12.2 Å². The quantitative estimate of drug-likeness (QED) is 0.909. The van der Waals surface area contributed by atoms with Crippen LogP contribution < -0.4 is 10.2 Å². The highest BCUT2D eigenvalue weighted by atomic mass is 16.2. The number of anilines is 1. The predicted octanol–water partition coefficient (Wildman–Crippen LogP) is 2.54. The fraction of sp³-hybridized carbons (Fsp3) is 0.529. The Hall–Kier alpha value is -2.04. The number of aryl methyl sites for hydroxylation is 1. The topological polar surface area (TPSA) is 52.7 Å². The summed E-state index contributed by atoms with van der Waals surface area (Å²) in [5, 5.41) is 2.95. The zero-order valence-electron chi connectivity index (χ0n) is 13.6. The lowest BCUT2D eigenvalue weighted by molar-refractivity contribution is -0.117. The van der Waals surface area contributed by atoms with E-state index in [0.29, 0.717) is 13.0 Å². The van der Waals surface area contributed by atoms with Crippen LogP contribution in [-0.2, 0) is 4.79 Å². The number of hydrogen-bond acceptors (Lipinski definition) is 2. The van der Waals surface area contributed by atoms with Gasteiger partial charge in [0.1, 0.15) is 0 Å². The van der Waals surface area contributed by atoms with Gasteiger partial charge in [0, 0.05) is 32.2 Å². The van der Waals surface area contributed by atoms with E-state index in [0.717, 1.165) is 30.6 Å². The molecule has 0 radical (unpaired) electrons. The van der Waals surface area contributed by atoms with Crippen LogP contribution in [0.2, 0.25) is 0 Å². The van der Waals surface area contributed by atoms with Crippen LogP contribution in [0, 0.1) is 6.92 Å². The molecule has 1 saturated heterocycles. The third-order valence-corrected chi connectivity index (χ3v) is 3.99. The standard InChI is InChI=1S/C17H25N3O2/c1-4-5-10-19(3)17(22)18-14-11-16(21)20(12-14)15-8-6-13(2)7-9-15/h6-9,14H,4-5,10-12H2,1-3H3,(H,18,22)/t14-/m0/s1. The SMILES string of the molecule is CCCCN(C)C(=O)N[C@H]1CC(=O)N(c2ccc(C)cc2)C1. The van der Waals surface area contributed by atoms with Crippen molar-refractivity contribution in [1.82, 2.24) is 10.2 Å². The number of unbranched alkanes of at least 4 members (excludes halogenated alkanes) is 1. The van der Waals surface area contributed by atoms with Crippen molar-refractivity contribution in [2.24, 2.45) is 0 Å². The largest absolute Gasteiger partial charge is 0.333 e. The van der Waals surface area contributed by atoms with Crippen LogP contribution in [-0.4, -0.2) is 43.0 Å². The second-order valence-corrected chi connectivity index (χ2v) is 5.97. The number of nitrogens with zero attached hydrogens (tertiary/aromatic N) is 2. The average molecular weight is 303 g/mol. The normalized spacial score (nSPS) is 17.7. The van der Waals surface area contributed by atoms with Crippen LogP contribution in [0.15, 0.2) is 24.3 Å². The smallest absolute Gasteiger partial charge is 0.317 e. The van der Waals surface area contributed by atoms with E-state index in [-0.39, 0.29) is 18.0 Å². The first-order valence-corrected chi connectivity index (χ1v) is 7.90. The molecular formula is C17H25N3O2. The van der Waals surface area contributed by atoms with E-state index in [1.807, 2.05) is 31.2 Å². The number of nitrogens with one attached hydrogen (secondary N) is 1. The molecule has 0 unspecified atom stereocenters. The lowest BCUT2D eigenvalue weighted by atomic mass is 10.2. The van der Waals surface area contributed by atoms with Gasteiger partial charge >= 0.3 is 6.03 Å². The molecule has 1 aliphatic rings. The van der Waals surface area contributed by atoms with Crippen LogP contribution >= 0.6 is 0 Å². The Morgan fingerprint density at radius 3 is 2.68 bits per heavy atom. The van der Waals surface area contributed by atoms with E-state index in [4.69, 9.17) is 0 Å². The third kappa shape index (κ3) is 4.00. The van der Waals surface area contributed by atoms with E-state index in [1.165, 1.54) is 0 Å². The minimum atomic E-state index is -0.120. The number of amides is 3. The van der Waals surface area contributed by atoms with Gasteiger partial charge in [0.25, 0.3) is 0 Å². The van der Waals surface area contributed by atoms with E-state index < -0.39 is 0 Å². The minimum Gasteiger partial charge on any atom is -0.333 e. The molecular weight excluding hydrogens is 278 g/mol. The van der Waals surface area contributed by atoms with Crippen molar-refractivity contribution in [2.75, 3.05) is 25.0 Å². The molecule has 1 aliphatic heterocycles. The molecule has 5 nitrogen and oxygen atoms in total. The van der Waals surface area contributed by atoms with Crippen LogP contribution in [0.5, 0.6) is 0 Å². The van der Waals surface area contributed by atoms with Crippen LogP contribution in [0.1, 0.15) is 31.7 Å². The number of urea groups is 1. The summed E-state index contributed by atoms with van der Waals surface area (Å²) in [6.45, 7) is 5.39. The Morgan fingerprint density at radius 2 is 2.05 bits per heavy atom. The first-order valence-electron chi connectivity index (χ1n) is 7.90. The molecule has 1 heterocycles. The molecule has 1 aromatic rings. The van der Waals surface area contributed by atoms with E-state index in [9.17, 15) is 9.59 Å². The molecule has 5 heteroatoms. The van der Waals surface area contributed by atoms with Gasteiger partial charge in [-0.25, -0.2) is 4.79 Å². The molecule has 1 fully saturated rings. The summed E-state index contributed by atoms with van der Waals surface area (Å²) in [6.07, 6.45) is 2.41. The molecule has 1 atom stereocenters. The molecule has 3 amide bonds. The Morgan fingerprint density at radius 1 is 1.36 bits per heavy atom. The fourth-order valence-corrected chi connectivity index (χ4v) is 2.56. The van der Waals surface area contributed by atoms with Gasteiger partial charge in [0.05, 0.1) is 6.04 Å². The van der Waals surface area contributed by atoms with Crippen molar-refractivity contribution >= 4 is 17.6 Å². The highest BCUT2D eigenvalue weighted by Gasteiger charge is 2.31. The molecule has 0 aromatic heterocycles. The molecule has 22 heavy (non-hydrogen) atoms. The van der Waals surface area contributed by atoms with Crippen molar-refractivity contribution in [1.29, 1.82) is 0 Å². The lowest BCUT2D eigenvalue weighted by Gasteiger charge is -2.21. The highest BCUT2D eigenvalue weighted by Crippen LogP contribution is 2.22. The summed E-state index contributed by atoms with van der Waals surface area (Å²) in [6, 6.07) is 7.66. The van der Waals surface area contributed by atoms with Crippen molar-refractivity contribution in [3.05, 3.63) is 29.8 Å². The van der Waals surface area contributed by atoms with Crippen LogP contribution in [0.4, 0.5) is 10.5 Å². The molecule has 120 valence electrons. The molecule has 0 bridgehead atoms. The second kappa shape index (κ2) is 7.29. The monoisotopic (exact) mass is 303 g/mol. The highest BCUT2D eigenvalue weighted by molar-refractivity contribution is 5.96. The number of benzene rings is 1.